The maximum absolute atomic E-state index is 2.59. The Hall–Kier alpha value is -0.0400. The average molecular weight is 181 g/mol. The first-order valence-corrected chi connectivity index (χ1v) is 5.87. The molecule has 1 spiro atoms. The molecule has 0 aromatic rings. The first-order valence-electron chi connectivity index (χ1n) is 5.87. The van der Waals surface area contributed by atoms with Gasteiger partial charge in [-0.1, -0.05) is 20.8 Å². The summed E-state index contributed by atoms with van der Waals surface area (Å²) in [6, 6.07) is 0. The Kier molecular flexibility index (Phi) is 2.39. The van der Waals surface area contributed by atoms with E-state index < -0.39 is 0 Å². The molecule has 1 nitrogen and oxygen atoms in total. The highest BCUT2D eigenvalue weighted by atomic mass is 15.2. The lowest BCUT2D eigenvalue weighted by atomic mass is 9.76. The number of nitrogens with zero attached hydrogens (tertiary/aromatic N) is 1. The Bertz CT molecular complexity index is 180. The van der Waals surface area contributed by atoms with Gasteiger partial charge in [-0.05, 0) is 43.1 Å². The van der Waals surface area contributed by atoms with Crippen molar-refractivity contribution in [3.05, 3.63) is 0 Å². The standard InChI is InChI=1S/C12H23N/c1-4-13-8-12(9-13)6-5-11(7-12)10(2)3/h10-11H,4-9H2,1-3H3. The third-order valence-corrected chi connectivity index (χ3v) is 4.25. The van der Waals surface area contributed by atoms with Crippen LogP contribution in [0.3, 0.4) is 0 Å². The van der Waals surface area contributed by atoms with E-state index in [0.29, 0.717) is 0 Å². The summed E-state index contributed by atoms with van der Waals surface area (Å²) < 4.78 is 0. The van der Waals surface area contributed by atoms with Gasteiger partial charge in [0.15, 0.2) is 0 Å². The molecule has 0 amide bonds. The van der Waals surface area contributed by atoms with Gasteiger partial charge < -0.3 is 4.90 Å². The zero-order valence-electron chi connectivity index (χ0n) is 9.34. The zero-order chi connectivity index (χ0) is 9.47. The molecule has 1 aliphatic heterocycles. The van der Waals surface area contributed by atoms with Gasteiger partial charge in [-0.25, -0.2) is 0 Å². The molecule has 1 saturated carbocycles. The van der Waals surface area contributed by atoms with Crippen LogP contribution in [0, 0.1) is 17.3 Å². The molecule has 0 radical (unpaired) electrons. The van der Waals surface area contributed by atoms with Gasteiger partial charge in [-0.15, -0.1) is 0 Å². The van der Waals surface area contributed by atoms with Crippen LogP contribution in [0.5, 0.6) is 0 Å². The molecule has 1 unspecified atom stereocenters. The monoisotopic (exact) mass is 181 g/mol. The van der Waals surface area contributed by atoms with Crippen LogP contribution in [0.2, 0.25) is 0 Å². The van der Waals surface area contributed by atoms with Crippen LogP contribution in [0.1, 0.15) is 40.0 Å². The number of hydrogen-bond acceptors (Lipinski definition) is 1. The van der Waals surface area contributed by atoms with Crippen LogP contribution in [0.15, 0.2) is 0 Å². The smallest absolute Gasteiger partial charge is 0.00505 e. The van der Waals surface area contributed by atoms with E-state index in [2.05, 4.69) is 25.7 Å². The highest BCUT2D eigenvalue weighted by Gasteiger charge is 2.47. The molecule has 2 aliphatic rings. The minimum absolute atomic E-state index is 0.769. The van der Waals surface area contributed by atoms with Crippen LogP contribution >= 0.6 is 0 Å². The molecule has 76 valence electrons. The van der Waals surface area contributed by atoms with E-state index in [1.807, 2.05) is 0 Å². The summed E-state index contributed by atoms with van der Waals surface area (Å²) in [5, 5.41) is 0. The van der Waals surface area contributed by atoms with E-state index >= 15 is 0 Å². The minimum Gasteiger partial charge on any atom is -0.302 e. The topological polar surface area (TPSA) is 3.24 Å². The van der Waals surface area contributed by atoms with Crippen LogP contribution in [-0.2, 0) is 0 Å². The lowest BCUT2D eigenvalue weighted by molar-refractivity contribution is 0.00581. The van der Waals surface area contributed by atoms with Gasteiger partial charge in [-0.3, -0.25) is 0 Å². The van der Waals surface area contributed by atoms with E-state index in [-0.39, 0.29) is 0 Å². The average Bonchev–Trinajstić information content (AvgIpc) is 2.45. The van der Waals surface area contributed by atoms with Gasteiger partial charge in [-0.2, -0.15) is 0 Å². The lowest BCUT2D eigenvalue weighted by Gasteiger charge is -2.48. The summed E-state index contributed by atoms with van der Waals surface area (Å²) in [5.41, 5.74) is 0.769. The predicted molar refractivity (Wildman–Crippen MR) is 56.7 cm³/mol. The van der Waals surface area contributed by atoms with Gasteiger partial charge in [0.25, 0.3) is 0 Å². The molecule has 0 aromatic heterocycles. The summed E-state index contributed by atoms with van der Waals surface area (Å²) in [4.78, 5) is 2.59. The Labute approximate surface area is 82.5 Å². The van der Waals surface area contributed by atoms with E-state index in [1.54, 1.807) is 0 Å². The van der Waals surface area contributed by atoms with Crippen molar-refractivity contribution in [3.63, 3.8) is 0 Å². The highest BCUT2D eigenvalue weighted by Crippen LogP contribution is 2.49. The molecule has 2 rings (SSSR count). The summed E-state index contributed by atoms with van der Waals surface area (Å²) in [5.74, 6) is 1.94. The summed E-state index contributed by atoms with van der Waals surface area (Å²) in [7, 11) is 0. The molecule has 0 aromatic carbocycles. The largest absolute Gasteiger partial charge is 0.302 e. The van der Waals surface area contributed by atoms with Crippen LogP contribution in [0.25, 0.3) is 0 Å². The molecule has 0 bridgehead atoms. The Balaban J connectivity index is 1.86. The third kappa shape index (κ3) is 1.63. The summed E-state index contributed by atoms with van der Waals surface area (Å²) in [6.07, 6.45) is 4.52. The van der Waals surface area contributed by atoms with E-state index in [0.717, 1.165) is 17.3 Å². The molecule has 1 heteroatoms. The fourth-order valence-electron chi connectivity index (χ4n) is 3.23. The fourth-order valence-corrected chi connectivity index (χ4v) is 3.23. The maximum atomic E-state index is 2.59. The fraction of sp³-hybridized carbons (Fsp3) is 1.00. The van der Waals surface area contributed by atoms with Crippen molar-refractivity contribution in [1.82, 2.24) is 4.90 Å². The van der Waals surface area contributed by atoms with Crippen LogP contribution in [0.4, 0.5) is 0 Å². The zero-order valence-corrected chi connectivity index (χ0v) is 9.34. The quantitative estimate of drug-likeness (QED) is 0.633. The lowest BCUT2D eigenvalue weighted by Crippen LogP contribution is -2.54. The second kappa shape index (κ2) is 3.27. The first kappa shape index (κ1) is 9.51. The molecular formula is C12H23N. The highest BCUT2D eigenvalue weighted by molar-refractivity contribution is 5.00. The Morgan fingerprint density at radius 1 is 1.38 bits per heavy atom. The Morgan fingerprint density at radius 2 is 2.08 bits per heavy atom. The minimum atomic E-state index is 0.769. The van der Waals surface area contributed by atoms with Gasteiger partial charge in [0.1, 0.15) is 0 Å². The maximum Gasteiger partial charge on any atom is 0.00505 e. The van der Waals surface area contributed by atoms with E-state index in [9.17, 15) is 0 Å². The van der Waals surface area contributed by atoms with Gasteiger partial charge in [0.2, 0.25) is 0 Å². The SMILES string of the molecule is CCN1CC2(CCC(C(C)C)C2)C1. The first-order chi connectivity index (χ1) is 6.15. The molecule has 2 fully saturated rings. The Morgan fingerprint density at radius 3 is 2.54 bits per heavy atom. The molecule has 1 heterocycles. The van der Waals surface area contributed by atoms with Crippen LogP contribution < -0.4 is 0 Å². The van der Waals surface area contributed by atoms with E-state index in [1.165, 1.54) is 38.9 Å². The number of rotatable bonds is 2. The molecule has 1 aliphatic carbocycles. The third-order valence-electron chi connectivity index (χ3n) is 4.25. The predicted octanol–water partition coefficient (Wildman–Crippen LogP) is 2.76. The summed E-state index contributed by atoms with van der Waals surface area (Å²) in [6.45, 7) is 11.1. The van der Waals surface area contributed by atoms with Crippen molar-refractivity contribution in [3.8, 4) is 0 Å². The molecule has 0 N–H and O–H groups in total. The van der Waals surface area contributed by atoms with Crippen molar-refractivity contribution >= 4 is 0 Å². The van der Waals surface area contributed by atoms with Crippen molar-refractivity contribution in [1.29, 1.82) is 0 Å². The molecular weight excluding hydrogens is 158 g/mol. The van der Waals surface area contributed by atoms with Crippen molar-refractivity contribution in [2.24, 2.45) is 17.3 Å². The van der Waals surface area contributed by atoms with E-state index in [4.69, 9.17) is 0 Å². The van der Waals surface area contributed by atoms with Gasteiger partial charge in [0.05, 0.1) is 0 Å². The second-order valence-electron chi connectivity index (χ2n) is 5.55. The van der Waals surface area contributed by atoms with Crippen molar-refractivity contribution < 1.29 is 0 Å². The molecule has 13 heavy (non-hydrogen) atoms. The molecule has 1 saturated heterocycles. The second-order valence-corrected chi connectivity index (χ2v) is 5.55. The number of likely N-dealkylation sites (tertiary alicyclic amines) is 1. The van der Waals surface area contributed by atoms with Crippen molar-refractivity contribution in [2.75, 3.05) is 19.6 Å². The van der Waals surface area contributed by atoms with Crippen molar-refractivity contribution in [2.45, 2.75) is 40.0 Å². The molecule has 1 atom stereocenters. The van der Waals surface area contributed by atoms with Gasteiger partial charge in [0, 0.05) is 13.1 Å². The van der Waals surface area contributed by atoms with Gasteiger partial charge >= 0.3 is 0 Å². The number of hydrogen-bond donors (Lipinski definition) is 0. The summed E-state index contributed by atoms with van der Waals surface area (Å²) >= 11 is 0. The normalized spacial score (nSPS) is 32.8. The van der Waals surface area contributed by atoms with Crippen LogP contribution in [-0.4, -0.2) is 24.5 Å².